The molecule has 0 atom stereocenters. The number of amides is 1. The fourth-order valence-corrected chi connectivity index (χ4v) is 4.59. The molecule has 0 unspecified atom stereocenters. The van der Waals surface area contributed by atoms with Gasteiger partial charge in [-0.25, -0.2) is 4.98 Å². The Balaban J connectivity index is 1.46. The second-order valence-electron chi connectivity index (χ2n) is 8.94. The van der Waals surface area contributed by atoms with E-state index < -0.39 is 0 Å². The van der Waals surface area contributed by atoms with Crippen molar-refractivity contribution in [1.82, 2.24) is 24.2 Å². The van der Waals surface area contributed by atoms with Crippen LogP contribution in [0, 0.1) is 5.41 Å². The fourth-order valence-electron chi connectivity index (χ4n) is 4.59. The molecule has 0 saturated carbocycles. The van der Waals surface area contributed by atoms with Crippen molar-refractivity contribution in [3.05, 3.63) is 87.8 Å². The summed E-state index contributed by atoms with van der Waals surface area (Å²) in [6.45, 7) is 5.09. The average molecular weight is 487 g/mol. The first-order valence-corrected chi connectivity index (χ1v) is 12.3. The zero-order valence-electron chi connectivity index (χ0n) is 20.2. The van der Waals surface area contributed by atoms with Crippen LogP contribution in [0.3, 0.4) is 0 Å². The number of morpholine rings is 1. The average Bonchev–Trinajstić information content (AvgIpc) is 2.92. The fraction of sp³-hybridized carbons (Fsp3) is 0.333. The van der Waals surface area contributed by atoms with Crippen LogP contribution in [-0.2, 0) is 17.7 Å². The summed E-state index contributed by atoms with van der Waals surface area (Å²) in [4.78, 5) is 33.5. The normalized spacial score (nSPS) is 14.3. The second kappa shape index (κ2) is 10.8. The van der Waals surface area contributed by atoms with Gasteiger partial charge in [0.2, 0.25) is 0 Å². The zero-order valence-corrected chi connectivity index (χ0v) is 20.2. The second-order valence-corrected chi connectivity index (χ2v) is 8.94. The van der Waals surface area contributed by atoms with Crippen molar-refractivity contribution in [2.45, 2.75) is 19.4 Å². The highest BCUT2D eigenvalue weighted by Gasteiger charge is 2.18. The minimum Gasteiger partial charge on any atom is -0.379 e. The van der Waals surface area contributed by atoms with Gasteiger partial charge in [-0.05, 0) is 43.1 Å². The smallest absolute Gasteiger partial charge is 0.267 e. The maximum Gasteiger partial charge on any atom is 0.267 e. The molecule has 0 radical (unpaired) electrons. The molecular weight excluding hydrogens is 456 g/mol. The Kier molecular flexibility index (Phi) is 7.20. The number of aryl methyl sites for hydroxylation is 2. The van der Waals surface area contributed by atoms with Gasteiger partial charge in [-0.3, -0.25) is 24.3 Å². The molecule has 3 aromatic heterocycles. The van der Waals surface area contributed by atoms with Crippen molar-refractivity contribution in [3.63, 3.8) is 0 Å². The number of fused-ring (bicyclic) bond motifs is 2. The highest BCUT2D eigenvalue weighted by molar-refractivity contribution is 5.96. The molecule has 4 aromatic rings. The first-order chi connectivity index (χ1) is 17.6. The first kappa shape index (κ1) is 23.9. The minimum atomic E-state index is -0.352. The molecule has 1 saturated heterocycles. The molecular formula is C27H30N6O3. The van der Waals surface area contributed by atoms with Gasteiger partial charge in [0.05, 0.1) is 24.2 Å². The van der Waals surface area contributed by atoms with Gasteiger partial charge in [-0.2, -0.15) is 0 Å². The summed E-state index contributed by atoms with van der Waals surface area (Å²) >= 11 is 0. The van der Waals surface area contributed by atoms with Crippen LogP contribution in [0.5, 0.6) is 0 Å². The molecule has 9 heteroatoms. The molecule has 5 rings (SSSR count). The summed E-state index contributed by atoms with van der Waals surface area (Å²) < 4.78 is 8.53. The van der Waals surface area contributed by atoms with Crippen molar-refractivity contribution in [2.75, 3.05) is 39.4 Å². The molecule has 1 aliphatic heterocycles. The molecule has 1 aromatic carbocycles. The zero-order chi connectivity index (χ0) is 24.9. The largest absolute Gasteiger partial charge is 0.379 e. The van der Waals surface area contributed by atoms with E-state index in [9.17, 15) is 9.59 Å². The minimum absolute atomic E-state index is 0.0521. The third-order valence-corrected chi connectivity index (χ3v) is 6.57. The number of nitrogens with one attached hydrogen (secondary N) is 2. The molecule has 4 heterocycles. The van der Waals surface area contributed by atoms with Gasteiger partial charge >= 0.3 is 0 Å². The molecule has 36 heavy (non-hydrogen) atoms. The van der Waals surface area contributed by atoms with Gasteiger partial charge in [-0.15, -0.1) is 0 Å². The Labute approximate surface area is 208 Å². The van der Waals surface area contributed by atoms with Crippen molar-refractivity contribution in [2.24, 2.45) is 0 Å². The van der Waals surface area contributed by atoms with Gasteiger partial charge < -0.3 is 14.6 Å². The standard InChI is InChI=1S/C27H30N6O3/c28-24-21(26(34)29-11-6-12-31-15-17-36-18-16-31)19-22-25(30-23-9-4-5-13-32(23)27(22)35)33(24)14-10-20-7-2-1-3-8-20/h1-5,7-9,13,19,28H,6,10-12,14-18H2,(H,29,34). The van der Waals surface area contributed by atoms with Gasteiger partial charge in [0, 0.05) is 32.4 Å². The van der Waals surface area contributed by atoms with Crippen molar-refractivity contribution >= 4 is 22.6 Å². The number of nitrogens with zero attached hydrogens (tertiary/aromatic N) is 4. The van der Waals surface area contributed by atoms with E-state index in [0.717, 1.165) is 44.8 Å². The lowest BCUT2D eigenvalue weighted by atomic mass is 10.1. The number of pyridine rings is 2. The van der Waals surface area contributed by atoms with E-state index in [2.05, 4.69) is 10.2 Å². The van der Waals surface area contributed by atoms with Crippen LogP contribution in [0.1, 0.15) is 22.3 Å². The number of carbonyl (C=O) groups excluding carboxylic acids is 1. The Morgan fingerprint density at radius 1 is 1.06 bits per heavy atom. The number of hydrogen-bond donors (Lipinski definition) is 2. The van der Waals surface area contributed by atoms with Gasteiger partial charge in [0.1, 0.15) is 16.8 Å². The highest BCUT2D eigenvalue weighted by Crippen LogP contribution is 2.12. The van der Waals surface area contributed by atoms with Crippen molar-refractivity contribution in [1.29, 1.82) is 5.41 Å². The van der Waals surface area contributed by atoms with Crippen LogP contribution in [-0.4, -0.2) is 64.2 Å². The van der Waals surface area contributed by atoms with Crippen LogP contribution < -0.4 is 16.4 Å². The number of carbonyl (C=O) groups is 1. The van der Waals surface area contributed by atoms with E-state index in [-0.39, 0.29) is 22.5 Å². The quantitative estimate of drug-likeness (QED) is 0.292. The third-order valence-electron chi connectivity index (χ3n) is 6.57. The van der Waals surface area contributed by atoms with E-state index in [1.165, 1.54) is 10.5 Å². The summed E-state index contributed by atoms with van der Waals surface area (Å²) in [5.41, 5.74) is 1.99. The van der Waals surface area contributed by atoms with Gasteiger partial charge in [0.25, 0.3) is 11.5 Å². The molecule has 1 amide bonds. The van der Waals surface area contributed by atoms with Crippen LogP contribution in [0.2, 0.25) is 0 Å². The molecule has 0 spiro atoms. The van der Waals surface area contributed by atoms with Crippen molar-refractivity contribution in [3.8, 4) is 0 Å². The molecule has 1 fully saturated rings. The van der Waals surface area contributed by atoms with Gasteiger partial charge in [0.15, 0.2) is 0 Å². The highest BCUT2D eigenvalue weighted by atomic mass is 16.5. The summed E-state index contributed by atoms with van der Waals surface area (Å²) in [7, 11) is 0. The van der Waals surface area contributed by atoms with Crippen LogP contribution in [0.4, 0.5) is 0 Å². The van der Waals surface area contributed by atoms with Crippen molar-refractivity contribution < 1.29 is 9.53 Å². The van der Waals surface area contributed by atoms with E-state index >= 15 is 0 Å². The Morgan fingerprint density at radius 3 is 2.64 bits per heavy atom. The lowest BCUT2D eigenvalue weighted by molar-refractivity contribution is 0.0374. The third kappa shape index (κ3) is 5.07. The summed E-state index contributed by atoms with van der Waals surface area (Å²) in [6.07, 6.45) is 3.11. The number of hydrogen-bond acceptors (Lipinski definition) is 6. The lowest BCUT2D eigenvalue weighted by Crippen LogP contribution is -2.39. The topological polar surface area (TPSA) is 105 Å². The number of ether oxygens (including phenoxy) is 1. The summed E-state index contributed by atoms with van der Waals surface area (Å²) in [6, 6.07) is 16.8. The maximum atomic E-state index is 13.3. The van der Waals surface area contributed by atoms with E-state index in [4.69, 9.17) is 15.1 Å². The molecule has 186 valence electrons. The molecule has 9 nitrogen and oxygen atoms in total. The first-order valence-electron chi connectivity index (χ1n) is 12.3. The molecule has 1 aliphatic rings. The number of aromatic nitrogens is 3. The lowest BCUT2D eigenvalue weighted by Gasteiger charge is -2.26. The Morgan fingerprint density at radius 2 is 1.83 bits per heavy atom. The van der Waals surface area contributed by atoms with E-state index in [0.29, 0.717) is 36.2 Å². The van der Waals surface area contributed by atoms with E-state index in [1.54, 1.807) is 22.9 Å². The monoisotopic (exact) mass is 486 g/mol. The van der Waals surface area contributed by atoms with Crippen LogP contribution >= 0.6 is 0 Å². The SMILES string of the molecule is N=c1c(C(=O)NCCCN2CCOCC2)cc2c(=O)n3ccccc3nc2n1CCc1ccccc1. The maximum absolute atomic E-state index is 13.3. The molecule has 0 aliphatic carbocycles. The van der Waals surface area contributed by atoms with Gasteiger partial charge in [-0.1, -0.05) is 36.4 Å². The molecule has 0 bridgehead atoms. The van der Waals surface area contributed by atoms with E-state index in [1.807, 2.05) is 36.4 Å². The predicted molar refractivity (Wildman–Crippen MR) is 137 cm³/mol. The number of rotatable bonds is 8. The summed E-state index contributed by atoms with van der Waals surface area (Å²) in [5.74, 6) is -0.352. The Hall–Kier alpha value is -3.82. The summed E-state index contributed by atoms with van der Waals surface area (Å²) in [5, 5.41) is 12.1. The number of benzene rings is 1. The predicted octanol–water partition coefficient (Wildman–Crippen LogP) is 1.82. The molecule has 2 N–H and O–H groups in total. The van der Waals surface area contributed by atoms with Crippen LogP contribution in [0.15, 0.2) is 65.6 Å². The Bertz CT molecular complexity index is 1490. The van der Waals surface area contributed by atoms with Crippen LogP contribution in [0.25, 0.3) is 16.7 Å².